The van der Waals surface area contributed by atoms with Gasteiger partial charge in [-0.3, -0.25) is 0 Å². The average Bonchev–Trinajstić information content (AvgIpc) is 3.00. The van der Waals surface area contributed by atoms with Gasteiger partial charge in [-0.05, 0) is 62.4 Å². The molecule has 1 atom stereocenters. The van der Waals surface area contributed by atoms with Crippen molar-refractivity contribution >= 4 is 10.0 Å². The van der Waals surface area contributed by atoms with Crippen LogP contribution in [0.3, 0.4) is 0 Å². The van der Waals surface area contributed by atoms with Crippen molar-refractivity contribution in [1.29, 1.82) is 0 Å². The first kappa shape index (κ1) is 16.2. The molecule has 0 aromatic heterocycles. The van der Waals surface area contributed by atoms with Crippen molar-refractivity contribution in [2.45, 2.75) is 44.6 Å². The molecule has 4 heteroatoms. The molecule has 1 aliphatic heterocycles. The van der Waals surface area contributed by atoms with E-state index in [9.17, 15) is 8.42 Å². The fourth-order valence-corrected chi connectivity index (χ4v) is 5.02. The maximum Gasteiger partial charge on any atom is 0.243 e. The minimum absolute atomic E-state index is 0.0542. The highest BCUT2D eigenvalue weighted by atomic mass is 32.2. The Morgan fingerprint density at radius 2 is 1.78 bits per heavy atom. The second-order valence-corrected chi connectivity index (χ2v) is 8.32. The van der Waals surface area contributed by atoms with Gasteiger partial charge < -0.3 is 0 Å². The smallest absolute Gasteiger partial charge is 0.207 e. The lowest BCUT2D eigenvalue weighted by Crippen LogP contribution is -2.30. The normalized spacial score (nSPS) is 19.2. The van der Waals surface area contributed by atoms with Gasteiger partial charge in [0.05, 0.1) is 10.9 Å². The monoisotopic (exact) mass is 329 g/mol. The number of hydrogen-bond donors (Lipinski definition) is 0. The SMILES string of the molecule is Cc1cccc([C@@H]2CCCN2S(=O)(=O)c2ccc(C)c(C)c2)c1. The first-order valence-electron chi connectivity index (χ1n) is 8.05. The summed E-state index contributed by atoms with van der Waals surface area (Å²) in [6, 6.07) is 13.5. The summed E-state index contributed by atoms with van der Waals surface area (Å²) in [7, 11) is -3.45. The second kappa shape index (κ2) is 6.10. The van der Waals surface area contributed by atoms with Crippen molar-refractivity contribution in [3.05, 3.63) is 64.7 Å². The zero-order chi connectivity index (χ0) is 16.6. The molecule has 1 aliphatic rings. The van der Waals surface area contributed by atoms with E-state index in [0.29, 0.717) is 11.4 Å². The van der Waals surface area contributed by atoms with E-state index in [1.165, 1.54) is 0 Å². The van der Waals surface area contributed by atoms with E-state index in [0.717, 1.165) is 35.1 Å². The van der Waals surface area contributed by atoms with Gasteiger partial charge in [0.25, 0.3) is 0 Å². The van der Waals surface area contributed by atoms with Crippen LogP contribution in [-0.4, -0.2) is 19.3 Å². The van der Waals surface area contributed by atoms with Crippen LogP contribution in [0, 0.1) is 20.8 Å². The van der Waals surface area contributed by atoms with Crippen LogP contribution in [0.1, 0.15) is 41.1 Å². The van der Waals surface area contributed by atoms with E-state index >= 15 is 0 Å². The Morgan fingerprint density at radius 3 is 2.48 bits per heavy atom. The van der Waals surface area contributed by atoms with E-state index in [2.05, 4.69) is 6.07 Å². The van der Waals surface area contributed by atoms with Gasteiger partial charge in [0.2, 0.25) is 10.0 Å². The first-order chi connectivity index (χ1) is 10.9. The molecule has 1 fully saturated rings. The fraction of sp³-hybridized carbons (Fsp3) is 0.368. The van der Waals surface area contributed by atoms with Crippen molar-refractivity contribution in [2.24, 2.45) is 0 Å². The summed E-state index contributed by atoms with van der Waals surface area (Å²) in [5, 5.41) is 0. The average molecular weight is 329 g/mol. The molecule has 0 saturated carbocycles. The first-order valence-corrected chi connectivity index (χ1v) is 9.49. The van der Waals surface area contributed by atoms with Crippen LogP contribution in [0.25, 0.3) is 0 Å². The maximum atomic E-state index is 13.1. The fourth-order valence-electron chi connectivity index (χ4n) is 3.25. The number of aryl methyl sites for hydroxylation is 3. The Hall–Kier alpha value is -1.65. The Labute approximate surface area is 139 Å². The van der Waals surface area contributed by atoms with Gasteiger partial charge >= 0.3 is 0 Å². The molecular formula is C19H23NO2S. The number of benzene rings is 2. The van der Waals surface area contributed by atoms with Gasteiger partial charge in [0.15, 0.2) is 0 Å². The van der Waals surface area contributed by atoms with Crippen LogP contribution < -0.4 is 0 Å². The predicted molar refractivity (Wildman–Crippen MR) is 93.0 cm³/mol. The number of sulfonamides is 1. The largest absolute Gasteiger partial charge is 0.243 e. The number of nitrogens with zero attached hydrogens (tertiary/aromatic N) is 1. The van der Waals surface area contributed by atoms with Gasteiger partial charge in [0.1, 0.15) is 0 Å². The van der Waals surface area contributed by atoms with Crippen molar-refractivity contribution in [2.75, 3.05) is 6.54 Å². The van der Waals surface area contributed by atoms with Crippen LogP contribution in [0.4, 0.5) is 0 Å². The lowest BCUT2D eigenvalue weighted by atomic mass is 10.0. The lowest BCUT2D eigenvalue weighted by Gasteiger charge is -2.25. The Kier molecular flexibility index (Phi) is 4.30. The molecule has 3 nitrogen and oxygen atoms in total. The summed E-state index contributed by atoms with van der Waals surface area (Å²) >= 11 is 0. The van der Waals surface area contributed by atoms with Gasteiger partial charge in [-0.15, -0.1) is 0 Å². The summed E-state index contributed by atoms with van der Waals surface area (Å²) in [4.78, 5) is 0.403. The third-order valence-electron chi connectivity index (χ3n) is 4.72. The van der Waals surface area contributed by atoms with Crippen molar-refractivity contribution in [3.8, 4) is 0 Å². The van der Waals surface area contributed by atoms with E-state index in [4.69, 9.17) is 0 Å². The van der Waals surface area contributed by atoms with Gasteiger partial charge in [0, 0.05) is 6.54 Å². The van der Waals surface area contributed by atoms with Crippen molar-refractivity contribution < 1.29 is 8.42 Å². The summed E-state index contributed by atoms with van der Waals surface area (Å²) in [5.74, 6) is 0. The maximum absolute atomic E-state index is 13.1. The molecule has 0 N–H and O–H groups in total. The summed E-state index contributed by atoms with van der Waals surface area (Å²) in [5.41, 5.74) is 4.38. The van der Waals surface area contributed by atoms with Crippen LogP contribution in [0.5, 0.6) is 0 Å². The van der Waals surface area contributed by atoms with Crippen LogP contribution in [-0.2, 0) is 10.0 Å². The molecular weight excluding hydrogens is 306 g/mol. The number of rotatable bonds is 3. The van der Waals surface area contributed by atoms with Crippen molar-refractivity contribution in [1.82, 2.24) is 4.31 Å². The molecule has 3 rings (SSSR count). The summed E-state index contributed by atoms with van der Waals surface area (Å²) in [6.07, 6.45) is 1.79. The third-order valence-corrected chi connectivity index (χ3v) is 6.62. The molecule has 0 bridgehead atoms. The minimum Gasteiger partial charge on any atom is -0.207 e. The summed E-state index contributed by atoms with van der Waals surface area (Å²) in [6.45, 7) is 6.59. The zero-order valence-corrected chi connectivity index (χ0v) is 14.7. The van der Waals surface area contributed by atoms with Crippen molar-refractivity contribution in [3.63, 3.8) is 0 Å². The molecule has 0 amide bonds. The predicted octanol–water partition coefficient (Wildman–Crippen LogP) is 4.14. The molecule has 1 saturated heterocycles. The molecule has 0 unspecified atom stereocenters. The van der Waals surface area contributed by atoms with Gasteiger partial charge in [-0.25, -0.2) is 8.42 Å². The highest BCUT2D eigenvalue weighted by Crippen LogP contribution is 2.37. The lowest BCUT2D eigenvalue weighted by molar-refractivity contribution is 0.396. The van der Waals surface area contributed by atoms with E-state index in [1.54, 1.807) is 16.4 Å². The molecule has 0 aliphatic carbocycles. The topological polar surface area (TPSA) is 37.4 Å². The molecule has 0 spiro atoms. The van der Waals surface area contributed by atoms with Crippen LogP contribution in [0.2, 0.25) is 0 Å². The molecule has 2 aromatic carbocycles. The molecule has 1 heterocycles. The minimum atomic E-state index is -3.45. The Morgan fingerprint density at radius 1 is 1.00 bits per heavy atom. The zero-order valence-electron chi connectivity index (χ0n) is 13.9. The molecule has 0 radical (unpaired) electrons. The highest BCUT2D eigenvalue weighted by Gasteiger charge is 2.36. The second-order valence-electron chi connectivity index (χ2n) is 6.43. The van der Waals surface area contributed by atoms with Gasteiger partial charge in [-0.2, -0.15) is 4.31 Å². The standard InChI is InChI=1S/C19H23NO2S/c1-14-6-4-7-17(12-14)19-8-5-11-20(19)23(21,22)18-10-9-15(2)16(3)13-18/h4,6-7,9-10,12-13,19H,5,8,11H2,1-3H3/t19-/m0/s1. The van der Waals surface area contributed by atoms with Crippen LogP contribution >= 0.6 is 0 Å². The van der Waals surface area contributed by atoms with E-state index in [1.807, 2.05) is 45.0 Å². The molecule has 23 heavy (non-hydrogen) atoms. The quantitative estimate of drug-likeness (QED) is 0.849. The summed E-state index contributed by atoms with van der Waals surface area (Å²) < 4.78 is 27.9. The van der Waals surface area contributed by atoms with Gasteiger partial charge in [-0.1, -0.05) is 35.9 Å². The van der Waals surface area contributed by atoms with E-state index in [-0.39, 0.29) is 6.04 Å². The Balaban J connectivity index is 1.99. The van der Waals surface area contributed by atoms with Crippen LogP contribution in [0.15, 0.2) is 47.4 Å². The molecule has 122 valence electrons. The number of hydrogen-bond acceptors (Lipinski definition) is 2. The molecule has 2 aromatic rings. The highest BCUT2D eigenvalue weighted by molar-refractivity contribution is 7.89. The Bertz CT molecular complexity index is 827. The third kappa shape index (κ3) is 3.06. The van der Waals surface area contributed by atoms with E-state index < -0.39 is 10.0 Å².